The van der Waals surface area contributed by atoms with Gasteiger partial charge in [-0.2, -0.15) is 0 Å². The molecule has 0 radical (unpaired) electrons. The molecule has 0 saturated carbocycles. The summed E-state index contributed by atoms with van der Waals surface area (Å²) < 4.78 is 118. The number of pyridine rings is 2. The van der Waals surface area contributed by atoms with Gasteiger partial charge in [-0.25, -0.2) is 0 Å². The van der Waals surface area contributed by atoms with Crippen molar-refractivity contribution in [2.24, 2.45) is 0 Å². The Bertz CT molecular complexity index is 627. The molecule has 0 atom stereocenters. The normalized spacial score (nSPS) is 16.3. The summed E-state index contributed by atoms with van der Waals surface area (Å²) in [6.45, 7) is 0. The van der Waals surface area contributed by atoms with Crippen LogP contribution in [0.15, 0.2) is 48.8 Å². The van der Waals surface area contributed by atoms with E-state index < -0.39 is 15.6 Å². The second-order valence-electron chi connectivity index (χ2n) is 4.35. The zero-order chi connectivity index (χ0) is 21.0. The summed E-state index contributed by atoms with van der Waals surface area (Å²) >= 11 is 0. The van der Waals surface area contributed by atoms with Crippen LogP contribution in [0.25, 0.3) is 11.4 Å². The molecule has 0 aliphatic rings. The van der Waals surface area contributed by atoms with Crippen molar-refractivity contribution in [1.82, 2.24) is 9.97 Å². The summed E-state index contributed by atoms with van der Waals surface area (Å²) in [6.07, 6.45) is 3.54. The van der Waals surface area contributed by atoms with Crippen LogP contribution < -0.4 is 0 Å². The number of aromatic nitrogens is 2. The van der Waals surface area contributed by atoms with E-state index in [1.54, 1.807) is 12.4 Å². The van der Waals surface area contributed by atoms with Gasteiger partial charge in [-0.05, 0) is 24.3 Å². The summed E-state index contributed by atoms with van der Waals surface area (Å²) in [5, 5.41) is 0. The van der Waals surface area contributed by atoms with Gasteiger partial charge < -0.3 is 0 Å². The van der Waals surface area contributed by atoms with Gasteiger partial charge in [0.25, 0.3) is 0 Å². The van der Waals surface area contributed by atoms with E-state index >= 15 is 0 Å². The van der Waals surface area contributed by atoms with Crippen molar-refractivity contribution in [1.29, 1.82) is 0 Å². The Morgan fingerprint density at radius 3 is 0.852 bits per heavy atom. The molecule has 0 fully saturated rings. The molecular formula is C10H8F12N2OsP2. The predicted octanol–water partition coefficient (Wildman–Crippen LogP) is 8.91. The average molecular weight is 636 g/mol. The van der Waals surface area contributed by atoms with Gasteiger partial charge in [-0.15, -0.1) is 0 Å². The van der Waals surface area contributed by atoms with Crippen molar-refractivity contribution in [2.75, 3.05) is 0 Å². The Morgan fingerprint density at radius 2 is 0.704 bits per heavy atom. The van der Waals surface area contributed by atoms with Gasteiger partial charge in [0.15, 0.2) is 0 Å². The van der Waals surface area contributed by atoms with E-state index in [0.29, 0.717) is 0 Å². The zero-order valence-corrected chi connectivity index (χ0v) is 16.6. The largest absolute Gasteiger partial charge is 2.00 e. The number of hydrogen-bond donors (Lipinski definition) is 0. The number of rotatable bonds is 1. The average Bonchev–Trinajstić information content (AvgIpc) is 2.33. The van der Waals surface area contributed by atoms with Crippen LogP contribution in [0.3, 0.4) is 0 Å². The third-order valence-corrected chi connectivity index (χ3v) is 1.59. The van der Waals surface area contributed by atoms with E-state index in [1.807, 2.05) is 36.4 Å². The summed E-state index contributed by atoms with van der Waals surface area (Å²) in [4.78, 5) is 8.37. The standard InChI is InChI=1S/C10H8N2.2F6P.Os/c1-3-7-11-9(5-1)10-6-2-4-8-12-10;2*1-7(2,3,4,5)6;/h1-8H;;;/q;2*-1;+2. The van der Waals surface area contributed by atoms with Crippen LogP contribution in [0.5, 0.6) is 0 Å². The Kier molecular flexibility index (Phi) is 7.39. The van der Waals surface area contributed by atoms with Gasteiger partial charge in [-0.1, -0.05) is 12.1 Å². The first-order chi connectivity index (χ1) is 10.9. The van der Waals surface area contributed by atoms with Crippen molar-refractivity contribution < 1.29 is 70.2 Å². The molecule has 2 heterocycles. The van der Waals surface area contributed by atoms with Crippen LogP contribution in [0.4, 0.5) is 50.4 Å². The molecule has 0 spiro atoms. The molecule has 0 aromatic carbocycles. The molecule has 0 amide bonds. The van der Waals surface area contributed by atoms with Crippen LogP contribution in [-0.2, 0) is 19.8 Å². The van der Waals surface area contributed by atoms with E-state index in [2.05, 4.69) is 9.97 Å². The first kappa shape index (κ1) is 28.2. The number of nitrogens with zero attached hydrogens (tertiary/aromatic N) is 2. The van der Waals surface area contributed by atoms with Gasteiger partial charge in [0.1, 0.15) is 0 Å². The van der Waals surface area contributed by atoms with Crippen LogP contribution in [0.2, 0.25) is 0 Å². The monoisotopic (exact) mass is 638 g/mol. The minimum atomic E-state index is -10.7. The van der Waals surface area contributed by atoms with Crippen molar-refractivity contribution in [2.45, 2.75) is 0 Å². The van der Waals surface area contributed by atoms with Crippen LogP contribution in [0, 0.1) is 0 Å². The maximum atomic E-state index is 9.87. The number of hydrogen-bond acceptors (Lipinski definition) is 2. The summed E-state index contributed by atoms with van der Waals surface area (Å²) in [7, 11) is -21.3. The SMILES string of the molecule is F[P-](F)(F)(F)(F)F.F[P-](F)(F)(F)(F)F.[Os+2].c1ccc(-c2ccccn2)nc1. The fourth-order valence-corrected chi connectivity index (χ4v) is 1.03. The third-order valence-electron chi connectivity index (χ3n) is 1.59. The molecule has 0 aliphatic carbocycles. The fourth-order valence-electron chi connectivity index (χ4n) is 1.03. The van der Waals surface area contributed by atoms with Crippen molar-refractivity contribution in [3.05, 3.63) is 48.8 Å². The predicted molar refractivity (Wildman–Crippen MR) is 74.6 cm³/mol. The van der Waals surface area contributed by atoms with Crippen molar-refractivity contribution in [3.63, 3.8) is 0 Å². The van der Waals surface area contributed by atoms with Crippen molar-refractivity contribution >= 4 is 15.6 Å². The van der Waals surface area contributed by atoms with E-state index in [4.69, 9.17) is 0 Å². The maximum absolute atomic E-state index is 10.7. The topological polar surface area (TPSA) is 25.8 Å². The quantitative estimate of drug-likeness (QED) is 0.231. The van der Waals surface area contributed by atoms with E-state index in [0.717, 1.165) is 11.4 Å². The Hall–Kier alpha value is -1.04. The molecule has 0 aliphatic heterocycles. The van der Waals surface area contributed by atoms with E-state index in [-0.39, 0.29) is 19.8 Å². The molecule has 0 saturated heterocycles. The van der Waals surface area contributed by atoms with Gasteiger partial charge in [0.05, 0.1) is 11.4 Å². The van der Waals surface area contributed by atoms with Gasteiger partial charge >= 0.3 is 85.8 Å². The molecule has 2 nitrogen and oxygen atoms in total. The maximum Gasteiger partial charge on any atom is 2.00 e. The Morgan fingerprint density at radius 1 is 0.481 bits per heavy atom. The first-order valence-electron chi connectivity index (χ1n) is 5.82. The molecule has 0 bridgehead atoms. The summed E-state index contributed by atoms with van der Waals surface area (Å²) in [5.74, 6) is 0. The Labute approximate surface area is 156 Å². The smallest absolute Gasteiger partial charge is 0.255 e. The van der Waals surface area contributed by atoms with E-state index in [1.165, 1.54) is 0 Å². The van der Waals surface area contributed by atoms with Gasteiger partial charge in [0, 0.05) is 12.4 Å². The van der Waals surface area contributed by atoms with Crippen LogP contribution >= 0.6 is 15.6 Å². The van der Waals surface area contributed by atoms with Gasteiger partial charge in [-0.3, -0.25) is 9.97 Å². The second kappa shape index (κ2) is 7.09. The molecule has 0 N–H and O–H groups in total. The molecule has 160 valence electrons. The second-order valence-corrected chi connectivity index (χ2v) is 8.18. The Balaban J connectivity index is 0. The van der Waals surface area contributed by atoms with Crippen molar-refractivity contribution in [3.8, 4) is 11.4 Å². The van der Waals surface area contributed by atoms with Gasteiger partial charge in [0.2, 0.25) is 0 Å². The van der Waals surface area contributed by atoms with E-state index in [9.17, 15) is 50.4 Å². The molecular weight excluding hydrogens is 628 g/mol. The fraction of sp³-hybridized carbons (Fsp3) is 0. The summed E-state index contributed by atoms with van der Waals surface area (Å²) in [5.41, 5.74) is 1.83. The first-order valence-corrected chi connectivity index (χ1v) is 9.88. The zero-order valence-electron chi connectivity index (χ0n) is 12.3. The third kappa shape index (κ3) is 36.6. The minimum absolute atomic E-state index is 0. The van der Waals surface area contributed by atoms with Crippen LogP contribution in [0.1, 0.15) is 0 Å². The molecule has 2 aromatic rings. The molecule has 27 heavy (non-hydrogen) atoms. The molecule has 17 heteroatoms. The minimum Gasteiger partial charge on any atom is -0.255 e. The number of halogens is 12. The molecule has 0 unspecified atom stereocenters. The molecule has 2 aromatic heterocycles. The van der Waals surface area contributed by atoms with Crippen LogP contribution in [-0.4, -0.2) is 9.97 Å². The summed E-state index contributed by atoms with van der Waals surface area (Å²) in [6, 6.07) is 11.6. The molecule has 2 rings (SSSR count).